The number of nitrogens with one attached hydrogen (secondary N) is 1. The second-order valence-corrected chi connectivity index (χ2v) is 7.03. The summed E-state index contributed by atoms with van der Waals surface area (Å²) in [5.74, 6) is 0.566. The standard InChI is InChI=1S/C18H30N2O2/c1-22-18(21)15-7-5-11-19-17-14(9-10-15)6-4-8-16(17)20-12-2-3-13-20/h7,14,16-17,19H,2-6,8-13H2,1H3/b15-7-/t14-,16-,17+/m0/s1. The van der Waals surface area contributed by atoms with Crippen LogP contribution in [0.15, 0.2) is 11.6 Å². The molecule has 124 valence electrons. The molecule has 0 amide bonds. The van der Waals surface area contributed by atoms with Gasteiger partial charge < -0.3 is 10.1 Å². The van der Waals surface area contributed by atoms with E-state index in [1.807, 2.05) is 0 Å². The predicted octanol–water partition coefficient (Wildman–Crippen LogP) is 2.49. The van der Waals surface area contributed by atoms with Crippen molar-refractivity contribution in [2.24, 2.45) is 5.92 Å². The lowest BCUT2D eigenvalue weighted by Crippen LogP contribution is -2.55. The predicted molar refractivity (Wildman–Crippen MR) is 87.7 cm³/mol. The van der Waals surface area contributed by atoms with E-state index in [0.717, 1.165) is 31.4 Å². The molecule has 3 rings (SSSR count). The number of methoxy groups -OCH3 is 1. The highest BCUT2D eigenvalue weighted by molar-refractivity contribution is 5.88. The molecule has 2 fully saturated rings. The number of fused-ring (bicyclic) bond motifs is 1. The van der Waals surface area contributed by atoms with E-state index >= 15 is 0 Å². The fourth-order valence-corrected chi connectivity index (χ4v) is 4.63. The Balaban J connectivity index is 1.68. The first-order valence-corrected chi connectivity index (χ1v) is 9.04. The van der Waals surface area contributed by atoms with Crippen molar-refractivity contribution >= 4 is 5.97 Å². The lowest BCUT2D eigenvalue weighted by atomic mass is 9.77. The molecule has 0 radical (unpaired) electrons. The lowest BCUT2D eigenvalue weighted by Gasteiger charge is -2.43. The average molecular weight is 306 g/mol. The molecule has 0 aromatic rings. The van der Waals surface area contributed by atoms with Crippen molar-refractivity contribution in [3.63, 3.8) is 0 Å². The Labute approximate surface area is 134 Å². The van der Waals surface area contributed by atoms with Gasteiger partial charge in [0.15, 0.2) is 0 Å². The van der Waals surface area contributed by atoms with Gasteiger partial charge in [0.1, 0.15) is 0 Å². The summed E-state index contributed by atoms with van der Waals surface area (Å²) in [6.07, 6.45) is 11.7. The number of nitrogens with zero attached hydrogens (tertiary/aromatic N) is 1. The van der Waals surface area contributed by atoms with Crippen molar-refractivity contribution in [3.05, 3.63) is 11.6 Å². The van der Waals surface area contributed by atoms with Crippen molar-refractivity contribution in [2.75, 3.05) is 26.7 Å². The van der Waals surface area contributed by atoms with Gasteiger partial charge in [0.2, 0.25) is 0 Å². The van der Waals surface area contributed by atoms with Gasteiger partial charge in [-0.2, -0.15) is 0 Å². The zero-order valence-electron chi connectivity index (χ0n) is 13.9. The normalized spacial score (nSPS) is 36.4. The first-order valence-electron chi connectivity index (χ1n) is 9.04. The van der Waals surface area contributed by atoms with Gasteiger partial charge in [-0.05, 0) is 70.5 Å². The Morgan fingerprint density at radius 1 is 1.23 bits per heavy atom. The molecule has 0 aromatic carbocycles. The maximum atomic E-state index is 11.9. The summed E-state index contributed by atoms with van der Waals surface area (Å²) >= 11 is 0. The summed E-state index contributed by atoms with van der Waals surface area (Å²) in [6.45, 7) is 3.54. The van der Waals surface area contributed by atoms with Crippen LogP contribution in [-0.2, 0) is 9.53 Å². The van der Waals surface area contributed by atoms with Crippen LogP contribution in [-0.4, -0.2) is 49.7 Å². The molecule has 3 aliphatic rings. The third-order valence-electron chi connectivity index (χ3n) is 5.75. The molecule has 1 saturated heterocycles. The molecule has 2 aliphatic heterocycles. The van der Waals surface area contributed by atoms with E-state index in [1.54, 1.807) is 0 Å². The molecule has 0 unspecified atom stereocenters. The smallest absolute Gasteiger partial charge is 0.333 e. The van der Waals surface area contributed by atoms with Crippen LogP contribution in [0.4, 0.5) is 0 Å². The highest BCUT2D eigenvalue weighted by Gasteiger charge is 2.37. The van der Waals surface area contributed by atoms with Gasteiger partial charge in [0.25, 0.3) is 0 Å². The van der Waals surface area contributed by atoms with Crippen molar-refractivity contribution in [1.82, 2.24) is 10.2 Å². The van der Waals surface area contributed by atoms with Crippen molar-refractivity contribution < 1.29 is 9.53 Å². The second-order valence-electron chi connectivity index (χ2n) is 7.03. The Morgan fingerprint density at radius 2 is 2.05 bits per heavy atom. The molecular weight excluding hydrogens is 276 g/mol. The lowest BCUT2D eigenvalue weighted by molar-refractivity contribution is -0.136. The number of hydrogen-bond donors (Lipinski definition) is 1. The number of carbonyl (C=O) groups excluding carboxylic acids is 1. The topological polar surface area (TPSA) is 41.6 Å². The van der Waals surface area contributed by atoms with E-state index in [9.17, 15) is 4.79 Å². The number of esters is 1. The van der Waals surface area contributed by atoms with Crippen LogP contribution >= 0.6 is 0 Å². The zero-order chi connectivity index (χ0) is 15.4. The fraction of sp³-hybridized carbons (Fsp3) is 0.833. The van der Waals surface area contributed by atoms with Crippen LogP contribution in [0.3, 0.4) is 0 Å². The zero-order valence-corrected chi connectivity index (χ0v) is 13.9. The Hall–Kier alpha value is -0.870. The van der Waals surface area contributed by atoms with Gasteiger partial charge in [-0.15, -0.1) is 0 Å². The van der Waals surface area contributed by atoms with Gasteiger partial charge in [0, 0.05) is 17.7 Å². The minimum atomic E-state index is -0.134. The second kappa shape index (κ2) is 7.60. The molecule has 0 bridgehead atoms. The van der Waals surface area contributed by atoms with E-state index in [2.05, 4.69) is 16.3 Å². The highest BCUT2D eigenvalue weighted by Crippen LogP contribution is 2.34. The average Bonchev–Trinajstić information content (AvgIpc) is 3.10. The van der Waals surface area contributed by atoms with Gasteiger partial charge in [0.05, 0.1) is 7.11 Å². The van der Waals surface area contributed by atoms with E-state index in [-0.39, 0.29) is 5.97 Å². The van der Waals surface area contributed by atoms with Crippen LogP contribution in [0.5, 0.6) is 0 Å². The van der Waals surface area contributed by atoms with Crippen LogP contribution in [0.25, 0.3) is 0 Å². The molecule has 1 N–H and O–H groups in total. The number of rotatable bonds is 2. The Kier molecular flexibility index (Phi) is 5.53. The minimum absolute atomic E-state index is 0.134. The van der Waals surface area contributed by atoms with Crippen molar-refractivity contribution in [2.45, 2.75) is 63.5 Å². The summed E-state index contributed by atoms with van der Waals surface area (Å²) in [5.41, 5.74) is 0.883. The largest absolute Gasteiger partial charge is 0.466 e. The summed E-state index contributed by atoms with van der Waals surface area (Å²) in [7, 11) is 1.49. The van der Waals surface area contributed by atoms with Gasteiger partial charge >= 0.3 is 5.97 Å². The first kappa shape index (κ1) is 16.0. The first-order chi connectivity index (χ1) is 10.8. The molecule has 3 atom stereocenters. The Morgan fingerprint density at radius 3 is 2.82 bits per heavy atom. The van der Waals surface area contributed by atoms with Crippen LogP contribution in [0, 0.1) is 5.92 Å². The van der Waals surface area contributed by atoms with Crippen LogP contribution in [0.1, 0.15) is 51.4 Å². The van der Waals surface area contributed by atoms with Crippen molar-refractivity contribution in [3.8, 4) is 0 Å². The molecule has 4 heteroatoms. The van der Waals surface area contributed by atoms with Crippen LogP contribution in [0.2, 0.25) is 0 Å². The molecule has 1 saturated carbocycles. The SMILES string of the molecule is COC(=O)/C1=C\CCN[C@@H]2[C@@H](CCC[C@@H]2N2CCCC2)CC1. The number of ether oxygens (including phenoxy) is 1. The van der Waals surface area contributed by atoms with E-state index in [4.69, 9.17) is 4.74 Å². The van der Waals surface area contributed by atoms with Gasteiger partial charge in [-0.1, -0.05) is 12.5 Å². The third-order valence-corrected chi connectivity index (χ3v) is 5.75. The molecular formula is C18H30N2O2. The van der Waals surface area contributed by atoms with Crippen molar-refractivity contribution in [1.29, 1.82) is 0 Å². The van der Waals surface area contributed by atoms with Gasteiger partial charge in [-0.25, -0.2) is 4.79 Å². The molecule has 22 heavy (non-hydrogen) atoms. The molecule has 0 spiro atoms. The quantitative estimate of drug-likeness (QED) is 0.796. The number of hydrogen-bond acceptors (Lipinski definition) is 4. The highest BCUT2D eigenvalue weighted by atomic mass is 16.5. The molecule has 0 aromatic heterocycles. The summed E-state index contributed by atoms with van der Waals surface area (Å²) in [5, 5.41) is 3.83. The van der Waals surface area contributed by atoms with E-state index in [1.165, 1.54) is 52.3 Å². The van der Waals surface area contributed by atoms with Crippen LogP contribution < -0.4 is 5.32 Å². The summed E-state index contributed by atoms with van der Waals surface area (Å²) in [6, 6.07) is 1.32. The molecule has 4 nitrogen and oxygen atoms in total. The fourth-order valence-electron chi connectivity index (χ4n) is 4.63. The summed E-state index contributed by atoms with van der Waals surface area (Å²) in [4.78, 5) is 14.6. The maximum absolute atomic E-state index is 11.9. The Bertz CT molecular complexity index is 415. The molecule has 1 aliphatic carbocycles. The van der Waals surface area contributed by atoms with E-state index in [0.29, 0.717) is 18.0 Å². The minimum Gasteiger partial charge on any atom is -0.466 e. The van der Waals surface area contributed by atoms with E-state index < -0.39 is 0 Å². The number of likely N-dealkylation sites (tertiary alicyclic amines) is 1. The monoisotopic (exact) mass is 306 g/mol. The maximum Gasteiger partial charge on any atom is 0.333 e. The van der Waals surface area contributed by atoms with Gasteiger partial charge in [-0.3, -0.25) is 4.90 Å². The summed E-state index contributed by atoms with van der Waals surface area (Å²) < 4.78 is 4.93. The third kappa shape index (κ3) is 3.54. The molecule has 2 heterocycles. The number of carbonyl (C=O) groups is 1.